The highest BCUT2D eigenvalue weighted by molar-refractivity contribution is 5.61. The molecule has 4 nitrogen and oxygen atoms in total. The van der Waals surface area contributed by atoms with Gasteiger partial charge in [0.25, 0.3) is 0 Å². The third-order valence-electron chi connectivity index (χ3n) is 4.03. The average molecular weight is 308 g/mol. The van der Waals surface area contributed by atoms with E-state index in [1.54, 1.807) is 19.2 Å². The Morgan fingerprint density at radius 3 is 2.61 bits per heavy atom. The van der Waals surface area contributed by atoms with Crippen LogP contribution < -0.4 is 4.74 Å². The monoisotopic (exact) mass is 308 g/mol. The molecule has 0 amide bonds. The van der Waals surface area contributed by atoms with E-state index in [1.807, 2.05) is 30.6 Å². The number of phenols is 1. The van der Waals surface area contributed by atoms with E-state index in [2.05, 4.69) is 28.6 Å². The van der Waals surface area contributed by atoms with Gasteiger partial charge in [0, 0.05) is 17.8 Å². The standard InChI is InChI=1S/C19H20N2O2/c1-14-19(16-6-4-3-5-7-16)20-13-21(14)11-10-15-8-9-18(23-2)17(22)12-15/h3-9,12-13,22H,10-11H2,1-2H3. The van der Waals surface area contributed by atoms with Crippen LogP contribution >= 0.6 is 0 Å². The van der Waals surface area contributed by atoms with Crippen molar-refractivity contribution >= 4 is 0 Å². The van der Waals surface area contributed by atoms with Crippen molar-refractivity contribution in [3.8, 4) is 22.8 Å². The first-order chi connectivity index (χ1) is 11.2. The highest BCUT2D eigenvalue weighted by Gasteiger charge is 2.09. The molecule has 1 heterocycles. The molecule has 23 heavy (non-hydrogen) atoms. The van der Waals surface area contributed by atoms with Crippen LogP contribution in [0.5, 0.6) is 11.5 Å². The molecule has 0 aliphatic rings. The van der Waals surface area contributed by atoms with E-state index in [-0.39, 0.29) is 5.75 Å². The predicted octanol–water partition coefficient (Wildman–Crippen LogP) is 3.82. The fourth-order valence-electron chi connectivity index (χ4n) is 2.69. The smallest absolute Gasteiger partial charge is 0.160 e. The van der Waals surface area contributed by atoms with E-state index in [9.17, 15) is 5.11 Å². The lowest BCUT2D eigenvalue weighted by Gasteiger charge is -2.08. The van der Waals surface area contributed by atoms with E-state index in [4.69, 9.17) is 4.74 Å². The Bertz CT molecular complexity index is 794. The quantitative estimate of drug-likeness (QED) is 0.779. The van der Waals surface area contributed by atoms with Gasteiger partial charge in [-0.25, -0.2) is 4.98 Å². The second kappa shape index (κ2) is 6.57. The summed E-state index contributed by atoms with van der Waals surface area (Å²) in [5.74, 6) is 0.677. The van der Waals surface area contributed by atoms with E-state index < -0.39 is 0 Å². The van der Waals surface area contributed by atoms with Crippen LogP contribution in [0.4, 0.5) is 0 Å². The van der Waals surface area contributed by atoms with Crippen molar-refractivity contribution in [3.63, 3.8) is 0 Å². The van der Waals surface area contributed by atoms with Crippen molar-refractivity contribution in [2.24, 2.45) is 0 Å². The summed E-state index contributed by atoms with van der Waals surface area (Å²) in [6.07, 6.45) is 2.70. The van der Waals surface area contributed by atoms with E-state index in [0.29, 0.717) is 5.75 Å². The topological polar surface area (TPSA) is 47.3 Å². The number of benzene rings is 2. The average Bonchev–Trinajstić information content (AvgIpc) is 2.94. The number of ether oxygens (including phenoxy) is 1. The van der Waals surface area contributed by atoms with Crippen molar-refractivity contribution in [3.05, 3.63) is 66.1 Å². The molecule has 3 rings (SSSR count). The third-order valence-corrected chi connectivity index (χ3v) is 4.03. The van der Waals surface area contributed by atoms with Crippen molar-refractivity contribution < 1.29 is 9.84 Å². The van der Waals surface area contributed by atoms with E-state index in [1.165, 1.54) is 0 Å². The largest absolute Gasteiger partial charge is 0.504 e. The minimum absolute atomic E-state index is 0.178. The molecule has 0 aliphatic carbocycles. The molecule has 0 fully saturated rings. The first-order valence-electron chi connectivity index (χ1n) is 7.62. The van der Waals surface area contributed by atoms with Gasteiger partial charge in [-0.15, -0.1) is 0 Å². The number of nitrogens with zero attached hydrogens (tertiary/aromatic N) is 2. The normalized spacial score (nSPS) is 10.7. The highest BCUT2D eigenvalue weighted by Crippen LogP contribution is 2.27. The summed E-state index contributed by atoms with van der Waals surface area (Å²) in [4.78, 5) is 4.54. The number of aromatic nitrogens is 2. The second-order valence-corrected chi connectivity index (χ2v) is 5.49. The van der Waals surface area contributed by atoms with Crippen LogP contribution in [0.3, 0.4) is 0 Å². The molecule has 0 saturated heterocycles. The molecule has 0 unspecified atom stereocenters. The molecule has 0 bridgehead atoms. The summed E-state index contributed by atoms with van der Waals surface area (Å²) < 4.78 is 7.21. The lowest BCUT2D eigenvalue weighted by atomic mass is 10.1. The zero-order chi connectivity index (χ0) is 16.2. The summed E-state index contributed by atoms with van der Waals surface area (Å²) in [5, 5.41) is 9.85. The molecule has 0 spiro atoms. The number of aromatic hydroxyl groups is 1. The van der Waals surface area contributed by atoms with Crippen LogP contribution in [0.1, 0.15) is 11.3 Å². The molecule has 118 valence electrons. The number of rotatable bonds is 5. The van der Waals surface area contributed by atoms with Gasteiger partial charge >= 0.3 is 0 Å². The van der Waals surface area contributed by atoms with Crippen LogP contribution in [0.2, 0.25) is 0 Å². The van der Waals surface area contributed by atoms with Gasteiger partial charge in [0.2, 0.25) is 0 Å². The number of hydrogen-bond donors (Lipinski definition) is 1. The molecule has 0 aliphatic heterocycles. The van der Waals surface area contributed by atoms with Crippen LogP contribution in [-0.2, 0) is 13.0 Å². The van der Waals surface area contributed by atoms with Crippen LogP contribution in [0, 0.1) is 6.92 Å². The molecule has 3 aromatic rings. The maximum atomic E-state index is 9.85. The summed E-state index contributed by atoms with van der Waals surface area (Å²) in [6, 6.07) is 15.7. The number of methoxy groups -OCH3 is 1. The maximum absolute atomic E-state index is 9.85. The van der Waals surface area contributed by atoms with Gasteiger partial charge in [0.15, 0.2) is 11.5 Å². The predicted molar refractivity (Wildman–Crippen MR) is 90.8 cm³/mol. The zero-order valence-corrected chi connectivity index (χ0v) is 13.4. The Labute approximate surface area is 136 Å². The maximum Gasteiger partial charge on any atom is 0.160 e. The summed E-state index contributed by atoms with van der Waals surface area (Å²) in [6.45, 7) is 2.90. The van der Waals surface area contributed by atoms with E-state index in [0.717, 1.165) is 35.5 Å². The first kappa shape index (κ1) is 15.2. The van der Waals surface area contributed by atoms with Gasteiger partial charge in [0.05, 0.1) is 19.1 Å². The molecule has 1 aromatic heterocycles. The highest BCUT2D eigenvalue weighted by atomic mass is 16.5. The van der Waals surface area contributed by atoms with E-state index >= 15 is 0 Å². The summed E-state index contributed by atoms with van der Waals surface area (Å²) in [5.41, 5.74) is 4.36. The molecule has 1 N–H and O–H groups in total. The molecule has 0 atom stereocenters. The Kier molecular flexibility index (Phi) is 4.33. The SMILES string of the molecule is COc1ccc(CCn2cnc(-c3ccccc3)c2C)cc1O. The fourth-order valence-corrected chi connectivity index (χ4v) is 2.69. The molecule has 0 saturated carbocycles. The Morgan fingerprint density at radius 2 is 1.91 bits per heavy atom. The zero-order valence-electron chi connectivity index (χ0n) is 13.4. The number of imidazole rings is 1. The van der Waals surface area contributed by atoms with Crippen molar-refractivity contribution in [2.75, 3.05) is 7.11 Å². The lowest BCUT2D eigenvalue weighted by Crippen LogP contribution is -2.02. The minimum Gasteiger partial charge on any atom is -0.504 e. The summed E-state index contributed by atoms with van der Waals surface area (Å²) in [7, 11) is 1.55. The van der Waals surface area contributed by atoms with Gasteiger partial charge in [-0.1, -0.05) is 36.4 Å². The lowest BCUT2D eigenvalue weighted by molar-refractivity contribution is 0.373. The second-order valence-electron chi connectivity index (χ2n) is 5.49. The fraction of sp³-hybridized carbons (Fsp3) is 0.211. The molecular formula is C19H20N2O2. The Balaban J connectivity index is 1.74. The van der Waals surface area contributed by atoms with Gasteiger partial charge < -0.3 is 14.4 Å². The summed E-state index contributed by atoms with van der Waals surface area (Å²) >= 11 is 0. The van der Waals surface area contributed by atoms with Gasteiger partial charge in [-0.3, -0.25) is 0 Å². The van der Waals surface area contributed by atoms with Crippen molar-refractivity contribution in [1.29, 1.82) is 0 Å². The minimum atomic E-state index is 0.178. The van der Waals surface area contributed by atoms with Crippen LogP contribution in [0.15, 0.2) is 54.9 Å². The molecule has 2 aromatic carbocycles. The number of aryl methyl sites for hydroxylation is 2. The molecular weight excluding hydrogens is 288 g/mol. The van der Waals surface area contributed by atoms with Gasteiger partial charge in [0.1, 0.15) is 0 Å². The van der Waals surface area contributed by atoms with Crippen LogP contribution in [0.25, 0.3) is 11.3 Å². The molecule has 4 heteroatoms. The van der Waals surface area contributed by atoms with Crippen molar-refractivity contribution in [1.82, 2.24) is 9.55 Å². The van der Waals surface area contributed by atoms with Gasteiger partial charge in [-0.2, -0.15) is 0 Å². The van der Waals surface area contributed by atoms with Gasteiger partial charge in [-0.05, 0) is 31.0 Å². The molecule has 0 radical (unpaired) electrons. The third kappa shape index (κ3) is 3.21. The van der Waals surface area contributed by atoms with Crippen LogP contribution in [-0.4, -0.2) is 21.8 Å². The Morgan fingerprint density at radius 1 is 1.13 bits per heavy atom. The Hall–Kier alpha value is -2.75. The number of hydrogen-bond acceptors (Lipinski definition) is 3. The van der Waals surface area contributed by atoms with Crippen molar-refractivity contribution in [2.45, 2.75) is 19.9 Å². The first-order valence-corrected chi connectivity index (χ1v) is 7.62. The number of phenolic OH excluding ortho intramolecular Hbond substituents is 1.